The van der Waals surface area contributed by atoms with Gasteiger partial charge in [-0.1, -0.05) is 0 Å². The minimum Gasteiger partial charge on any atom is -0.790 e. The summed E-state index contributed by atoms with van der Waals surface area (Å²) in [6.45, 7) is 0. The van der Waals surface area contributed by atoms with E-state index in [9.17, 15) is 191 Å². The van der Waals surface area contributed by atoms with Crippen molar-refractivity contribution < 1.29 is 973 Å². The summed E-state index contributed by atoms with van der Waals surface area (Å²) in [4.78, 5) is 243. The van der Waals surface area contributed by atoms with Gasteiger partial charge < -0.3 is 168 Å². The van der Waals surface area contributed by atoms with Gasteiger partial charge in [0.2, 0.25) is 0 Å². The third-order valence-corrected chi connectivity index (χ3v) is 18.0. The number of rotatable bonds is 20. The van der Waals surface area contributed by atoms with Gasteiger partial charge in [-0.05, 0) is 0 Å². The molecule has 0 aromatic heterocycles. The molecule has 0 radical (unpaired) electrons. The zero-order valence-electron chi connectivity index (χ0n) is 52.1. The van der Waals surface area contributed by atoms with Crippen LogP contribution in [0.3, 0.4) is 0 Å². The molecule has 90 heteroatoms. The second-order valence-corrected chi connectivity index (χ2v) is 27.5. The van der Waals surface area contributed by atoms with Crippen molar-refractivity contribution >= 4 is 117 Å². The molecule has 0 aliphatic heterocycles. The molecule has 0 atom stereocenters. The molecule has 0 fully saturated rings. The van der Waals surface area contributed by atoms with E-state index < -0.39 is 117 Å². The smallest absolute Gasteiger partial charge is 0.790 e. The molecule has 0 saturated carbocycles. The van der Waals surface area contributed by atoms with Crippen molar-refractivity contribution in [2.24, 2.45) is 0 Å². The van der Waals surface area contributed by atoms with Crippen molar-refractivity contribution in [3.63, 3.8) is 0 Å². The fourth-order valence-corrected chi connectivity index (χ4v) is 13.0. The Balaban J connectivity index is -0.0000000167. The van der Waals surface area contributed by atoms with Gasteiger partial charge in [-0.3, -0.25) is 65.9 Å². The molecule has 0 heterocycles. The van der Waals surface area contributed by atoms with E-state index in [1.165, 1.54) is 0 Å². The molecular weight excluding hydrogens is 1840 g/mol. The molecule has 0 saturated heterocycles. The Hall–Kier alpha value is 27.0. The van der Waals surface area contributed by atoms with Crippen LogP contribution in [-0.4, -0.2) is 0 Å². The van der Waals surface area contributed by atoms with Crippen LogP contribution in [0.25, 0.3) is 0 Å². The van der Waals surface area contributed by atoms with Gasteiger partial charge in [-0.25, -0.2) is 0 Å². The standard InChI is InChI=1S/25Na.5H5O10P3/c;;;;;;;;;;;;;;;;;;;;;;;;;5*1-11(2,3)9-13(7,8)10-12(4,5)6/h;;;;;;;;;;;;;;;;;;;;;;;;;5*(H,7,8)(H2,1,2,3)(H2,4,5,6)/q25*+1;;;;;/p-25. The minimum absolute atomic E-state index is 0. The quantitative estimate of drug-likeness (QED) is 0.0807. The molecule has 90 heavy (non-hydrogen) atoms. The molecule has 400 valence electrons. The Labute approximate surface area is 1060 Å². The molecule has 0 unspecified atom stereocenters. The van der Waals surface area contributed by atoms with Gasteiger partial charge in [0.25, 0.3) is 39.1 Å². The van der Waals surface area contributed by atoms with Crippen LogP contribution in [-0.2, 0) is 112 Å². The van der Waals surface area contributed by atoms with E-state index in [1.807, 2.05) is 0 Å². The van der Waals surface area contributed by atoms with Gasteiger partial charge in [0.1, 0.15) is 0 Å². The first-order valence-corrected chi connectivity index (χ1v) is 32.9. The molecular formula is Na25O50P15. The first kappa shape index (κ1) is 208. The topological polar surface area (TPSA) is 925 Å². The van der Waals surface area contributed by atoms with Gasteiger partial charge in [-0.2, -0.15) is 0 Å². The summed E-state index contributed by atoms with van der Waals surface area (Å²) in [5.74, 6) is 0. The molecule has 0 aromatic carbocycles. The van der Waals surface area contributed by atoms with E-state index in [0.717, 1.165) is 0 Å². The van der Waals surface area contributed by atoms with Crippen LogP contribution >= 0.6 is 117 Å². The molecule has 0 amide bonds. The largest absolute Gasteiger partial charge is 1.00 e. The normalized spacial score (nSPS) is 10.5. The molecule has 0 aromatic rings. The van der Waals surface area contributed by atoms with Gasteiger partial charge in [0.15, 0.2) is 0 Å². The first-order chi connectivity index (χ1) is 27.1. The van der Waals surface area contributed by atoms with Crippen molar-refractivity contribution in [2.45, 2.75) is 0 Å². The maximum Gasteiger partial charge on any atom is 1.00 e. The Kier molecular flexibility index (Phi) is 220. The van der Waals surface area contributed by atoms with Crippen LogP contribution in [0.1, 0.15) is 0 Å². The van der Waals surface area contributed by atoms with Gasteiger partial charge in [-0.15, -0.1) is 0 Å². The van der Waals surface area contributed by atoms with E-state index >= 15 is 0 Å². The van der Waals surface area contributed by atoms with Crippen LogP contribution in [0.4, 0.5) is 0 Å². The van der Waals surface area contributed by atoms with E-state index in [-0.39, 0.29) is 739 Å². The third kappa shape index (κ3) is 197. The first-order valence-electron chi connectivity index (χ1n) is 11.0. The molecule has 0 aliphatic carbocycles. The molecule has 0 spiro atoms. The summed E-state index contributed by atoms with van der Waals surface area (Å²) in [7, 11) is -89.5. The van der Waals surface area contributed by atoms with E-state index in [4.69, 9.17) is 0 Å². The van der Waals surface area contributed by atoms with E-state index in [1.54, 1.807) is 0 Å². The minimum atomic E-state index is -5.97. The molecule has 0 rings (SSSR count). The molecule has 0 N–H and O–H groups in total. The van der Waals surface area contributed by atoms with Crippen LogP contribution < -0.4 is 861 Å². The van der Waals surface area contributed by atoms with Crippen molar-refractivity contribution in [2.75, 3.05) is 0 Å². The summed E-state index contributed by atoms with van der Waals surface area (Å²) >= 11 is 0. The van der Waals surface area contributed by atoms with Crippen LogP contribution in [0.5, 0.6) is 0 Å². The number of hydrogen-bond acceptors (Lipinski definition) is 50. The average molecular weight is 1840 g/mol. The van der Waals surface area contributed by atoms with Crippen LogP contribution in [0.2, 0.25) is 0 Å². The Morgan fingerprint density at radius 1 is 0.111 bits per heavy atom. The van der Waals surface area contributed by atoms with Crippen LogP contribution in [0, 0.1) is 0 Å². The Morgan fingerprint density at radius 3 is 0.167 bits per heavy atom. The monoisotopic (exact) mass is 1840 g/mol. The zero-order valence-corrected chi connectivity index (χ0v) is 116. The van der Waals surface area contributed by atoms with Crippen molar-refractivity contribution in [3.8, 4) is 0 Å². The predicted molar refractivity (Wildman–Crippen MR) is 125 cm³/mol. The second kappa shape index (κ2) is 95.2. The van der Waals surface area contributed by atoms with Crippen molar-refractivity contribution in [1.82, 2.24) is 0 Å². The number of hydrogen-bond donors (Lipinski definition) is 0. The summed E-state index contributed by atoms with van der Waals surface area (Å²) < 4.78 is 173. The Morgan fingerprint density at radius 2 is 0.144 bits per heavy atom. The van der Waals surface area contributed by atoms with Crippen LogP contribution in [0.15, 0.2) is 0 Å². The predicted octanol–water partition coefficient (Wildman–Crippen LogP) is -94.2. The van der Waals surface area contributed by atoms with Gasteiger partial charge in [0, 0.05) is 0 Å². The maximum absolute atomic E-state index is 10.1. The summed E-state index contributed by atoms with van der Waals surface area (Å²) in [5, 5.41) is 0. The van der Waals surface area contributed by atoms with Gasteiger partial charge in [0.05, 0.1) is 78.2 Å². The Bertz CT molecular complexity index is 1810. The third-order valence-electron chi connectivity index (χ3n) is 2.00. The average Bonchev–Trinajstić information content (AvgIpc) is 2.68. The van der Waals surface area contributed by atoms with Crippen molar-refractivity contribution in [3.05, 3.63) is 0 Å². The fourth-order valence-electron chi connectivity index (χ4n) is 1.30. The SMILES string of the molecule is O=P([O-])([O-])OP(=O)([O-])OP(=O)([O-])[O-].O=P([O-])([O-])OP(=O)([O-])OP(=O)([O-])[O-].O=P([O-])([O-])OP(=O)([O-])OP(=O)([O-])[O-].O=P([O-])([O-])OP(=O)([O-])OP(=O)([O-])[O-].O=P([O-])([O-])OP(=O)([O-])OP(=O)([O-])[O-].[Na+].[Na+].[Na+].[Na+].[Na+].[Na+].[Na+].[Na+].[Na+].[Na+].[Na+].[Na+].[Na+].[Na+].[Na+].[Na+].[Na+].[Na+].[Na+].[Na+].[Na+].[Na+].[Na+].[Na+].[Na+]. The maximum atomic E-state index is 10.1. The molecule has 0 bridgehead atoms. The number of phosphoric acid groups is 15. The summed E-state index contributed by atoms with van der Waals surface area (Å²) in [6.07, 6.45) is 0. The molecule has 0 aliphatic rings. The summed E-state index contributed by atoms with van der Waals surface area (Å²) in [5.41, 5.74) is 0. The zero-order chi connectivity index (χ0) is 54.6. The van der Waals surface area contributed by atoms with Crippen molar-refractivity contribution in [1.29, 1.82) is 0 Å². The van der Waals surface area contributed by atoms with Gasteiger partial charge >= 0.3 is 739 Å². The second-order valence-electron chi connectivity index (χ2n) is 7.52. The fraction of sp³-hybridized carbons (Fsp3) is 0. The summed E-state index contributed by atoms with van der Waals surface area (Å²) in [6, 6.07) is 0. The van der Waals surface area contributed by atoms with E-state index in [0.29, 0.717) is 0 Å². The van der Waals surface area contributed by atoms with E-state index in [2.05, 4.69) is 43.1 Å². The molecule has 50 nitrogen and oxygen atoms in total.